The van der Waals surface area contributed by atoms with Gasteiger partial charge in [-0.05, 0) is 49.8 Å². The fraction of sp³-hybridized carbons (Fsp3) is 0.500. The molecular formula is C20H22N4O. The number of fused-ring (bicyclic) bond motifs is 4. The highest BCUT2D eigenvalue weighted by Crippen LogP contribution is 2.51. The first-order valence-corrected chi connectivity index (χ1v) is 9.25. The first-order chi connectivity index (χ1) is 12.3. The van der Waals surface area contributed by atoms with Crippen LogP contribution in [-0.2, 0) is 11.3 Å². The van der Waals surface area contributed by atoms with Crippen LogP contribution in [0.15, 0.2) is 41.2 Å². The SMILES string of the molecule is N#Cc1cccc(COC2=NC3(CC3)N3CC4CCCCN4C3=C2)c1. The molecule has 3 heterocycles. The molecule has 0 N–H and O–H groups in total. The maximum Gasteiger partial charge on any atom is 0.214 e. The topological polar surface area (TPSA) is 51.9 Å². The maximum atomic E-state index is 9.03. The lowest BCUT2D eigenvalue weighted by molar-refractivity contribution is 0.215. The van der Waals surface area contributed by atoms with E-state index in [9.17, 15) is 0 Å². The number of hydrogen-bond donors (Lipinski definition) is 0. The first-order valence-electron chi connectivity index (χ1n) is 9.25. The Morgan fingerprint density at radius 2 is 2.24 bits per heavy atom. The van der Waals surface area contributed by atoms with Crippen molar-refractivity contribution in [2.24, 2.45) is 4.99 Å². The Balaban J connectivity index is 1.37. The summed E-state index contributed by atoms with van der Waals surface area (Å²) >= 11 is 0. The van der Waals surface area contributed by atoms with E-state index in [1.807, 2.05) is 24.3 Å². The largest absolute Gasteiger partial charge is 0.473 e. The predicted octanol–water partition coefficient (Wildman–Crippen LogP) is 2.99. The van der Waals surface area contributed by atoms with E-state index in [-0.39, 0.29) is 5.66 Å². The second-order valence-corrected chi connectivity index (χ2v) is 7.49. The third-order valence-electron chi connectivity index (χ3n) is 5.80. The summed E-state index contributed by atoms with van der Waals surface area (Å²) in [6.07, 6.45) is 8.30. The Morgan fingerprint density at radius 3 is 3.08 bits per heavy atom. The second-order valence-electron chi connectivity index (χ2n) is 7.49. The monoisotopic (exact) mass is 334 g/mol. The van der Waals surface area contributed by atoms with Gasteiger partial charge in [0.1, 0.15) is 18.1 Å². The highest BCUT2D eigenvalue weighted by Gasteiger charge is 2.55. The van der Waals surface area contributed by atoms with Crippen molar-refractivity contribution in [2.45, 2.75) is 50.4 Å². The summed E-state index contributed by atoms with van der Waals surface area (Å²) in [6, 6.07) is 10.4. The van der Waals surface area contributed by atoms with Crippen molar-refractivity contribution in [1.82, 2.24) is 9.80 Å². The van der Waals surface area contributed by atoms with E-state index in [2.05, 4.69) is 21.9 Å². The fourth-order valence-corrected chi connectivity index (χ4v) is 4.36. The van der Waals surface area contributed by atoms with Gasteiger partial charge in [0.25, 0.3) is 0 Å². The number of nitrogens with zero attached hydrogens (tertiary/aromatic N) is 4. The first kappa shape index (κ1) is 14.8. The van der Waals surface area contributed by atoms with E-state index < -0.39 is 0 Å². The van der Waals surface area contributed by atoms with E-state index in [1.54, 1.807) is 0 Å². The molecule has 1 spiro atoms. The van der Waals surface area contributed by atoms with E-state index in [0.717, 1.165) is 37.4 Å². The lowest BCUT2D eigenvalue weighted by Gasteiger charge is -2.34. The van der Waals surface area contributed by atoms with Crippen molar-refractivity contribution >= 4 is 5.90 Å². The molecule has 4 aliphatic rings. The molecule has 1 atom stereocenters. The van der Waals surface area contributed by atoms with Gasteiger partial charge in [0.15, 0.2) is 0 Å². The zero-order valence-corrected chi connectivity index (χ0v) is 14.3. The molecule has 1 saturated carbocycles. The normalized spacial score (nSPS) is 25.6. The van der Waals surface area contributed by atoms with Gasteiger partial charge in [0.2, 0.25) is 5.90 Å². The molecule has 0 amide bonds. The highest BCUT2D eigenvalue weighted by atomic mass is 16.5. The molecule has 1 unspecified atom stereocenters. The van der Waals surface area contributed by atoms with Gasteiger partial charge in [0, 0.05) is 25.2 Å². The molecule has 2 saturated heterocycles. The summed E-state index contributed by atoms with van der Waals surface area (Å²) in [5.41, 5.74) is 1.64. The smallest absolute Gasteiger partial charge is 0.214 e. The Bertz CT molecular complexity index is 802. The summed E-state index contributed by atoms with van der Waals surface area (Å²) in [4.78, 5) is 10.0. The van der Waals surface area contributed by atoms with E-state index in [0.29, 0.717) is 18.2 Å². The molecule has 25 heavy (non-hydrogen) atoms. The maximum absolute atomic E-state index is 9.03. The molecule has 1 aliphatic carbocycles. The highest BCUT2D eigenvalue weighted by molar-refractivity contribution is 5.89. The quantitative estimate of drug-likeness (QED) is 0.834. The number of ether oxygens (including phenoxy) is 1. The average molecular weight is 334 g/mol. The summed E-state index contributed by atoms with van der Waals surface area (Å²) in [7, 11) is 0. The molecule has 3 fully saturated rings. The summed E-state index contributed by atoms with van der Waals surface area (Å²) in [5, 5.41) is 9.03. The minimum absolute atomic E-state index is 0.0364. The number of benzene rings is 1. The van der Waals surface area contributed by atoms with Crippen LogP contribution in [0, 0.1) is 11.3 Å². The van der Waals surface area contributed by atoms with Crippen molar-refractivity contribution < 1.29 is 4.74 Å². The van der Waals surface area contributed by atoms with E-state index in [1.165, 1.54) is 25.1 Å². The number of hydrogen-bond acceptors (Lipinski definition) is 5. The zero-order valence-electron chi connectivity index (χ0n) is 14.3. The standard InChI is InChI=1S/C20H22N4O/c21-12-15-4-3-5-16(10-15)14-25-18-11-19-23-9-2-1-6-17(23)13-24(19)20(22-18)7-8-20/h3-5,10-11,17H,1-2,6-9,13-14H2. The van der Waals surface area contributed by atoms with Crippen LogP contribution < -0.4 is 0 Å². The van der Waals surface area contributed by atoms with Crippen LogP contribution in [0.25, 0.3) is 0 Å². The number of nitriles is 1. The van der Waals surface area contributed by atoms with Gasteiger partial charge in [-0.3, -0.25) is 0 Å². The Kier molecular flexibility index (Phi) is 3.27. The molecule has 3 aliphatic heterocycles. The average Bonchev–Trinajstić information content (AvgIpc) is 3.31. The molecule has 0 bridgehead atoms. The molecule has 0 radical (unpaired) electrons. The van der Waals surface area contributed by atoms with Crippen LogP contribution in [0.1, 0.15) is 43.2 Å². The summed E-state index contributed by atoms with van der Waals surface area (Å²) in [5.74, 6) is 2.07. The summed E-state index contributed by atoms with van der Waals surface area (Å²) < 4.78 is 6.04. The molecule has 0 aromatic heterocycles. The molecule has 128 valence electrons. The van der Waals surface area contributed by atoms with Crippen molar-refractivity contribution in [3.63, 3.8) is 0 Å². The molecule has 1 aromatic rings. The molecule has 5 nitrogen and oxygen atoms in total. The van der Waals surface area contributed by atoms with Crippen LogP contribution in [0.5, 0.6) is 0 Å². The Morgan fingerprint density at radius 1 is 1.32 bits per heavy atom. The van der Waals surface area contributed by atoms with Gasteiger partial charge in [-0.1, -0.05) is 12.1 Å². The van der Waals surface area contributed by atoms with Crippen molar-refractivity contribution in [3.8, 4) is 6.07 Å². The van der Waals surface area contributed by atoms with Crippen LogP contribution in [0.2, 0.25) is 0 Å². The van der Waals surface area contributed by atoms with Gasteiger partial charge in [0.05, 0.1) is 11.6 Å². The molecule has 5 rings (SSSR count). The minimum Gasteiger partial charge on any atom is -0.473 e. The van der Waals surface area contributed by atoms with Gasteiger partial charge in [-0.2, -0.15) is 5.26 Å². The van der Waals surface area contributed by atoms with Gasteiger partial charge >= 0.3 is 0 Å². The van der Waals surface area contributed by atoms with Crippen molar-refractivity contribution in [2.75, 3.05) is 13.1 Å². The van der Waals surface area contributed by atoms with Crippen LogP contribution in [0.4, 0.5) is 0 Å². The number of piperidine rings is 1. The summed E-state index contributed by atoms with van der Waals surface area (Å²) in [6.45, 7) is 2.73. The molecule has 5 heteroatoms. The predicted molar refractivity (Wildman–Crippen MR) is 94.5 cm³/mol. The van der Waals surface area contributed by atoms with Crippen molar-refractivity contribution in [1.29, 1.82) is 5.26 Å². The number of aliphatic imine (C=N–C) groups is 1. The molecule has 1 aromatic carbocycles. The Hall–Kier alpha value is -2.48. The lowest BCUT2D eigenvalue weighted by atomic mass is 10.0. The van der Waals surface area contributed by atoms with Gasteiger partial charge in [-0.25, -0.2) is 4.99 Å². The number of rotatable bonds is 2. The molecular weight excluding hydrogens is 312 g/mol. The van der Waals surface area contributed by atoms with Crippen molar-refractivity contribution in [3.05, 3.63) is 47.3 Å². The van der Waals surface area contributed by atoms with Gasteiger partial charge in [-0.15, -0.1) is 0 Å². The zero-order chi connectivity index (χ0) is 16.9. The second kappa shape index (κ2) is 5.52. The fourth-order valence-electron chi connectivity index (χ4n) is 4.36. The van der Waals surface area contributed by atoms with Crippen LogP contribution in [0.3, 0.4) is 0 Å². The van der Waals surface area contributed by atoms with E-state index >= 15 is 0 Å². The lowest BCUT2D eigenvalue weighted by Crippen LogP contribution is -2.38. The minimum atomic E-state index is -0.0364. The van der Waals surface area contributed by atoms with Gasteiger partial charge < -0.3 is 14.5 Å². The van der Waals surface area contributed by atoms with Crippen LogP contribution in [-0.4, -0.2) is 40.5 Å². The van der Waals surface area contributed by atoms with E-state index in [4.69, 9.17) is 15.0 Å². The third-order valence-corrected chi connectivity index (χ3v) is 5.80. The third kappa shape index (κ3) is 2.48. The Labute approximate surface area is 148 Å². The van der Waals surface area contributed by atoms with Crippen LogP contribution >= 0.6 is 0 Å².